The lowest BCUT2D eigenvalue weighted by Gasteiger charge is -2.42. The molecule has 15 heteroatoms. The van der Waals surface area contributed by atoms with Crippen LogP contribution in [-0.4, -0.2) is 145 Å². The first-order chi connectivity index (χ1) is 32.3. The van der Waals surface area contributed by atoms with Crippen molar-refractivity contribution in [2.75, 3.05) is 41.1 Å². The van der Waals surface area contributed by atoms with E-state index in [4.69, 9.17) is 28.4 Å². The van der Waals surface area contributed by atoms with Crippen LogP contribution in [0.1, 0.15) is 126 Å². The summed E-state index contributed by atoms with van der Waals surface area (Å²) < 4.78 is 35.6. The van der Waals surface area contributed by atoms with Crippen LogP contribution in [0.3, 0.4) is 0 Å². The van der Waals surface area contributed by atoms with E-state index in [0.717, 1.165) is 12.0 Å². The Hall–Kier alpha value is -3.41. The molecule has 0 aromatic carbocycles. The molecule has 384 valence electrons. The zero-order chi connectivity index (χ0) is 50.3. The van der Waals surface area contributed by atoms with Gasteiger partial charge in [0.15, 0.2) is 5.78 Å². The lowest BCUT2D eigenvalue weighted by atomic mass is 9.78. The highest BCUT2D eigenvalue weighted by Crippen LogP contribution is 2.38. The smallest absolute Gasteiger partial charge is 0.329 e. The Labute approximate surface area is 405 Å². The highest BCUT2D eigenvalue weighted by molar-refractivity contribution is 6.39. The van der Waals surface area contributed by atoms with Gasteiger partial charge in [-0.05, 0) is 107 Å². The molecule has 2 bridgehead atoms. The van der Waals surface area contributed by atoms with Gasteiger partial charge in [0.1, 0.15) is 30.1 Å². The number of cyclic esters (lactones) is 1. The SMILES string of the molecule is CO[C@H]1C[C@@H]2CC[C@@H](C)[C@@](O)(O2)C(=O)C(=O)N2CCCC[C@H]2C(=O)O[C@H](C(C)C[C@@H]2CC[C@H](OCCO)[C@H](OC)C2)CC(=O)C(C)/C=C(\C)[C@@H](O)[C@@H](OC)C(=O)[C@H](C)CC(C)/C=C/C=CC=C1C. The number of hydrogen-bond acceptors (Lipinski definition) is 14. The molecule has 68 heavy (non-hydrogen) atoms. The number of fused-ring (bicyclic) bond motifs is 3. The minimum Gasteiger partial charge on any atom is -0.460 e. The summed E-state index contributed by atoms with van der Waals surface area (Å²) in [5, 5.41) is 32.8. The van der Waals surface area contributed by atoms with Crippen LogP contribution in [0.5, 0.6) is 0 Å². The molecular formula is C53H83NO14. The number of aliphatic hydroxyl groups excluding tert-OH is 2. The summed E-state index contributed by atoms with van der Waals surface area (Å²) in [4.78, 5) is 72.1. The van der Waals surface area contributed by atoms with Gasteiger partial charge < -0.3 is 48.6 Å². The molecule has 15 nitrogen and oxygen atoms in total. The number of methoxy groups -OCH3 is 3. The van der Waals surface area contributed by atoms with Gasteiger partial charge in [0.2, 0.25) is 5.79 Å². The number of piperidine rings is 1. The molecule has 3 unspecified atom stereocenters. The average molecular weight is 958 g/mol. The van der Waals surface area contributed by atoms with E-state index in [1.807, 2.05) is 58.1 Å². The molecule has 15 atom stereocenters. The Balaban J connectivity index is 1.70. The molecule has 1 amide bonds. The Kier molecular flexibility index (Phi) is 22.9. The lowest BCUT2D eigenvalue weighted by Crippen LogP contribution is -2.61. The molecule has 3 heterocycles. The van der Waals surface area contributed by atoms with E-state index in [2.05, 4.69) is 0 Å². The second kappa shape index (κ2) is 27.3. The molecule has 0 radical (unpaired) electrons. The lowest BCUT2D eigenvalue weighted by molar-refractivity contribution is -0.265. The number of rotatable bonds is 9. The molecule has 3 N–H and O–H groups in total. The van der Waals surface area contributed by atoms with Crippen LogP contribution in [0, 0.1) is 35.5 Å². The highest BCUT2D eigenvalue weighted by atomic mass is 16.6. The number of nitrogens with zero attached hydrogens (tertiary/aromatic N) is 1. The van der Waals surface area contributed by atoms with Gasteiger partial charge in [-0.15, -0.1) is 0 Å². The third-order valence-electron chi connectivity index (χ3n) is 14.9. The molecule has 4 rings (SSSR count). The third-order valence-corrected chi connectivity index (χ3v) is 14.9. The van der Waals surface area contributed by atoms with E-state index in [1.54, 1.807) is 41.1 Å². The van der Waals surface area contributed by atoms with E-state index in [0.29, 0.717) is 63.4 Å². The van der Waals surface area contributed by atoms with Crippen LogP contribution in [0.25, 0.3) is 0 Å². The number of Topliss-reactive ketones (excluding diaryl/α,β-unsaturated/α-hetero) is 3. The molecule has 3 aliphatic heterocycles. The molecule has 3 fully saturated rings. The van der Waals surface area contributed by atoms with E-state index in [1.165, 1.54) is 12.0 Å². The van der Waals surface area contributed by atoms with Gasteiger partial charge in [-0.3, -0.25) is 19.2 Å². The van der Waals surface area contributed by atoms with E-state index in [9.17, 15) is 39.3 Å². The average Bonchev–Trinajstić information content (AvgIpc) is 3.32. The van der Waals surface area contributed by atoms with Crippen LogP contribution in [-0.2, 0) is 52.4 Å². The topological polar surface area (TPSA) is 205 Å². The fourth-order valence-corrected chi connectivity index (χ4v) is 10.5. The first kappa shape index (κ1) is 57.2. The third kappa shape index (κ3) is 15.3. The van der Waals surface area contributed by atoms with Crippen LogP contribution in [0.15, 0.2) is 47.6 Å². The first-order valence-electron chi connectivity index (χ1n) is 25.0. The first-order valence-corrected chi connectivity index (χ1v) is 25.0. The number of esters is 1. The monoisotopic (exact) mass is 958 g/mol. The maximum atomic E-state index is 14.5. The maximum absolute atomic E-state index is 14.5. The standard InChI is InChI=1S/C53H83NO14/c1-32-16-12-11-13-17-33(2)44(63-8)30-40-21-19-38(7)53(62,68-40)50(59)51(60)54-23-15-14-18-41(54)52(61)67-45(35(4)28-39-20-22-43(66-25-24-55)46(29-39)64-9)31-42(56)34(3)27-37(6)48(58)49(65-10)47(57)36(5)26-32/h11-13,16-17,27,32,34-36,38-41,43-46,48-49,55,58,62H,14-15,18-26,28-31H2,1-10H3/b13-11?,16-12+,33-17?,37-27+/t32?,34?,35?,36-,38-,39+,40+,41+,43+,44+,45+,46-,48-,49+,53-/m1/s1. The van der Waals surface area contributed by atoms with Gasteiger partial charge in [0.25, 0.3) is 11.7 Å². The summed E-state index contributed by atoms with van der Waals surface area (Å²) in [5.74, 6) is -7.96. The van der Waals surface area contributed by atoms with Gasteiger partial charge in [-0.2, -0.15) is 0 Å². The molecule has 4 aliphatic rings. The minimum atomic E-state index is -2.43. The Morgan fingerprint density at radius 3 is 2.26 bits per heavy atom. The zero-order valence-corrected chi connectivity index (χ0v) is 42.4. The van der Waals surface area contributed by atoms with Crippen LogP contribution < -0.4 is 0 Å². The molecule has 0 aromatic rings. The number of allylic oxidation sites excluding steroid dienone is 6. The second-order valence-corrected chi connectivity index (χ2v) is 20.2. The number of ether oxygens (including phenoxy) is 6. The van der Waals surface area contributed by atoms with Gasteiger partial charge >= 0.3 is 5.97 Å². The van der Waals surface area contributed by atoms with E-state index in [-0.39, 0.29) is 74.1 Å². The Morgan fingerprint density at radius 1 is 0.853 bits per heavy atom. The van der Waals surface area contributed by atoms with Crippen molar-refractivity contribution in [1.29, 1.82) is 0 Å². The largest absolute Gasteiger partial charge is 0.460 e. The van der Waals surface area contributed by atoms with Gasteiger partial charge in [0, 0.05) is 58.5 Å². The highest BCUT2D eigenvalue weighted by Gasteiger charge is 2.53. The number of carbonyl (C=O) groups is 5. The fourth-order valence-electron chi connectivity index (χ4n) is 10.5. The Bertz CT molecular complexity index is 1810. The normalized spacial score (nSPS) is 37.9. The zero-order valence-electron chi connectivity index (χ0n) is 42.4. The molecule has 0 aromatic heterocycles. The molecule has 1 saturated carbocycles. The predicted octanol–water partition coefficient (Wildman–Crippen LogP) is 6.20. The molecular weight excluding hydrogens is 875 g/mol. The van der Waals surface area contributed by atoms with Crippen molar-refractivity contribution in [3.05, 3.63) is 47.6 Å². The predicted molar refractivity (Wildman–Crippen MR) is 256 cm³/mol. The quantitative estimate of drug-likeness (QED) is 0.134. The van der Waals surface area contributed by atoms with Crippen molar-refractivity contribution < 1.29 is 67.7 Å². The second-order valence-electron chi connectivity index (χ2n) is 20.2. The van der Waals surface area contributed by atoms with Crippen molar-refractivity contribution in [3.63, 3.8) is 0 Å². The summed E-state index contributed by atoms with van der Waals surface area (Å²) in [6.45, 7) is 12.9. The van der Waals surface area contributed by atoms with Gasteiger partial charge in [-0.1, -0.05) is 71.1 Å². The summed E-state index contributed by atoms with van der Waals surface area (Å²) in [5.41, 5.74) is 1.26. The summed E-state index contributed by atoms with van der Waals surface area (Å²) in [6.07, 6.45) is 12.0. The van der Waals surface area contributed by atoms with Gasteiger partial charge in [-0.25, -0.2) is 4.79 Å². The van der Waals surface area contributed by atoms with Crippen molar-refractivity contribution >= 4 is 29.2 Å². The number of aliphatic hydroxyl groups is 3. The van der Waals surface area contributed by atoms with Crippen LogP contribution >= 0.6 is 0 Å². The molecule has 2 saturated heterocycles. The fraction of sp³-hybridized carbons (Fsp3) is 0.755. The van der Waals surface area contributed by atoms with E-state index < -0.39 is 77.8 Å². The van der Waals surface area contributed by atoms with Crippen molar-refractivity contribution in [3.8, 4) is 0 Å². The minimum absolute atomic E-state index is 0.0158. The number of amides is 1. The Morgan fingerprint density at radius 2 is 1.59 bits per heavy atom. The summed E-state index contributed by atoms with van der Waals surface area (Å²) in [6, 6.07) is -1.14. The van der Waals surface area contributed by atoms with Crippen molar-refractivity contribution in [2.45, 2.75) is 180 Å². The van der Waals surface area contributed by atoms with Crippen LogP contribution in [0.4, 0.5) is 0 Å². The summed E-state index contributed by atoms with van der Waals surface area (Å²) in [7, 11) is 4.58. The van der Waals surface area contributed by atoms with E-state index >= 15 is 0 Å². The van der Waals surface area contributed by atoms with Crippen molar-refractivity contribution in [1.82, 2.24) is 4.90 Å². The summed E-state index contributed by atoms with van der Waals surface area (Å²) >= 11 is 0. The van der Waals surface area contributed by atoms with Crippen molar-refractivity contribution in [2.24, 2.45) is 35.5 Å². The number of ketones is 3. The molecule has 0 spiro atoms. The van der Waals surface area contributed by atoms with Gasteiger partial charge in [0.05, 0.1) is 37.6 Å². The maximum Gasteiger partial charge on any atom is 0.329 e. The number of hydrogen-bond donors (Lipinski definition) is 3. The number of carbonyl (C=O) groups excluding carboxylic acids is 5. The molecule has 1 aliphatic carbocycles. The van der Waals surface area contributed by atoms with Crippen LogP contribution in [0.2, 0.25) is 0 Å².